The minimum atomic E-state index is 0.479. The number of rotatable bonds is 3. The minimum Gasteiger partial charge on any atom is -0.307 e. The van der Waals surface area contributed by atoms with Gasteiger partial charge in [-0.3, -0.25) is 0 Å². The second-order valence-electron chi connectivity index (χ2n) is 4.98. The molecule has 0 aliphatic heterocycles. The molecule has 0 radical (unpaired) electrons. The summed E-state index contributed by atoms with van der Waals surface area (Å²) in [4.78, 5) is 1.43. The van der Waals surface area contributed by atoms with Crippen molar-refractivity contribution < 1.29 is 0 Å². The molecule has 1 unspecified atom stereocenters. The van der Waals surface area contributed by atoms with E-state index in [0.717, 1.165) is 12.0 Å². The number of halogens is 1. The van der Waals surface area contributed by atoms with Crippen molar-refractivity contribution in [3.8, 4) is 0 Å². The third-order valence-corrected chi connectivity index (χ3v) is 5.59. The molecule has 1 aliphatic carbocycles. The first-order chi connectivity index (χ1) is 7.66. The Morgan fingerprint density at radius 1 is 1.38 bits per heavy atom. The Bertz CT molecular complexity index is 328. The minimum absolute atomic E-state index is 0.479. The molecule has 1 aromatic heterocycles. The lowest BCUT2D eigenvalue weighted by atomic mass is 9.87. The fraction of sp³-hybridized carbons (Fsp3) is 0.692. The molecule has 16 heavy (non-hydrogen) atoms. The highest BCUT2D eigenvalue weighted by Gasteiger charge is 2.21. The van der Waals surface area contributed by atoms with Crippen LogP contribution in [0.2, 0.25) is 0 Å². The highest BCUT2D eigenvalue weighted by molar-refractivity contribution is 9.10. The van der Waals surface area contributed by atoms with Crippen molar-refractivity contribution in [3.63, 3.8) is 0 Å². The van der Waals surface area contributed by atoms with Gasteiger partial charge in [0.05, 0.1) is 0 Å². The average molecular weight is 302 g/mol. The van der Waals surface area contributed by atoms with Crippen LogP contribution in [0.5, 0.6) is 0 Å². The number of hydrogen-bond acceptors (Lipinski definition) is 2. The highest BCUT2D eigenvalue weighted by atomic mass is 79.9. The summed E-state index contributed by atoms with van der Waals surface area (Å²) in [6, 6.07) is 3.34. The summed E-state index contributed by atoms with van der Waals surface area (Å²) in [5.74, 6) is 0.932. The van der Waals surface area contributed by atoms with Gasteiger partial charge in [-0.15, -0.1) is 11.3 Å². The highest BCUT2D eigenvalue weighted by Crippen LogP contribution is 2.31. The Morgan fingerprint density at radius 2 is 2.06 bits per heavy atom. The van der Waals surface area contributed by atoms with Crippen LogP contribution >= 0.6 is 27.3 Å². The van der Waals surface area contributed by atoms with Crippen LogP contribution in [0.4, 0.5) is 0 Å². The van der Waals surface area contributed by atoms with E-state index in [1.807, 2.05) is 11.3 Å². The lowest BCUT2D eigenvalue weighted by molar-refractivity contribution is 0.292. The van der Waals surface area contributed by atoms with E-state index in [1.165, 1.54) is 35.0 Å². The van der Waals surface area contributed by atoms with E-state index in [2.05, 4.69) is 46.5 Å². The molecule has 1 atom stereocenters. The molecule has 1 fully saturated rings. The summed E-state index contributed by atoms with van der Waals surface area (Å²) in [6.07, 6.45) is 5.45. The molecular weight excluding hydrogens is 282 g/mol. The second-order valence-corrected chi connectivity index (χ2v) is 6.78. The predicted molar refractivity (Wildman–Crippen MR) is 75.0 cm³/mol. The first-order valence-electron chi connectivity index (χ1n) is 6.15. The summed E-state index contributed by atoms with van der Waals surface area (Å²) in [5, 5.41) is 5.92. The molecule has 0 amide bonds. The van der Waals surface area contributed by atoms with Crippen molar-refractivity contribution in [2.75, 3.05) is 0 Å². The van der Waals surface area contributed by atoms with Crippen molar-refractivity contribution in [2.24, 2.45) is 5.92 Å². The molecule has 2 rings (SSSR count). The van der Waals surface area contributed by atoms with Gasteiger partial charge in [0.2, 0.25) is 0 Å². The molecule has 0 spiro atoms. The smallest absolute Gasteiger partial charge is 0.0399 e. The normalized spacial score (nSPS) is 27.9. The van der Waals surface area contributed by atoms with Crippen molar-refractivity contribution in [3.05, 3.63) is 20.8 Å². The Balaban J connectivity index is 1.88. The third kappa shape index (κ3) is 3.08. The van der Waals surface area contributed by atoms with Gasteiger partial charge < -0.3 is 5.32 Å². The maximum Gasteiger partial charge on any atom is 0.0399 e. The first kappa shape index (κ1) is 12.6. The predicted octanol–water partition coefficient (Wildman–Crippen LogP) is 4.74. The van der Waals surface area contributed by atoms with Crippen molar-refractivity contribution in [1.29, 1.82) is 0 Å². The van der Waals surface area contributed by atoms with Crippen LogP contribution in [0.3, 0.4) is 0 Å². The molecule has 1 nitrogen and oxygen atoms in total. The van der Waals surface area contributed by atoms with Gasteiger partial charge in [0.25, 0.3) is 0 Å². The van der Waals surface area contributed by atoms with E-state index >= 15 is 0 Å². The molecule has 1 aliphatic rings. The van der Waals surface area contributed by atoms with Crippen molar-refractivity contribution in [1.82, 2.24) is 5.32 Å². The van der Waals surface area contributed by atoms with E-state index in [-0.39, 0.29) is 0 Å². The zero-order valence-electron chi connectivity index (χ0n) is 10.0. The Kier molecular flexibility index (Phi) is 4.45. The van der Waals surface area contributed by atoms with E-state index in [9.17, 15) is 0 Å². The average Bonchev–Trinajstić information content (AvgIpc) is 2.68. The zero-order chi connectivity index (χ0) is 11.5. The van der Waals surface area contributed by atoms with Gasteiger partial charge in [-0.05, 0) is 65.9 Å². The fourth-order valence-corrected chi connectivity index (χ4v) is 4.20. The number of nitrogens with one attached hydrogen (secondary N) is 1. The molecular formula is C13H20BrNS. The molecule has 1 aromatic rings. The van der Waals surface area contributed by atoms with Gasteiger partial charge >= 0.3 is 0 Å². The lowest BCUT2D eigenvalue weighted by Crippen LogP contribution is -2.34. The standard InChI is InChI=1S/C13H20BrNS/c1-9-3-5-11(6-4-9)15-10(2)13-12(14)7-8-16-13/h7-11,15H,3-6H2,1-2H3. The number of hydrogen-bond donors (Lipinski definition) is 1. The molecule has 0 saturated heterocycles. The van der Waals surface area contributed by atoms with Gasteiger partial charge in [-0.2, -0.15) is 0 Å². The van der Waals surface area contributed by atoms with Gasteiger partial charge in [0.15, 0.2) is 0 Å². The zero-order valence-corrected chi connectivity index (χ0v) is 12.4. The van der Waals surface area contributed by atoms with Crippen LogP contribution in [-0.4, -0.2) is 6.04 Å². The van der Waals surface area contributed by atoms with Crippen LogP contribution in [0, 0.1) is 5.92 Å². The maximum atomic E-state index is 3.76. The maximum absolute atomic E-state index is 3.76. The van der Waals surface area contributed by atoms with Gasteiger partial charge in [-0.25, -0.2) is 0 Å². The largest absolute Gasteiger partial charge is 0.307 e. The van der Waals surface area contributed by atoms with E-state index in [0.29, 0.717) is 6.04 Å². The molecule has 90 valence electrons. The number of thiophene rings is 1. The van der Waals surface area contributed by atoms with Crippen molar-refractivity contribution >= 4 is 27.3 Å². The van der Waals surface area contributed by atoms with E-state index in [1.54, 1.807) is 0 Å². The van der Waals surface area contributed by atoms with E-state index < -0.39 is 0 Å². The van der Waals surface area contributed by atoms with Crippen molar-refractivity contribution in [2.45, 2.75) is 51.6 Å². The molecule has 3 heteroatoms. The molecule has 1 N–H and O–H groups in total. The summed E-state index contributed by atoms with van der Waals surface area (Å²) in [6.45, 7) is 4.64. The fourth-order valence-electron chi connectivity index (χ4n) is 2.47. The third-order valence-electron chi connectivity index (χ3n) is 3.54. The van der Waals surface area contributed by atoms with Crippen LogP contribution in [-0.2, 0) is 0 Å². The first-order valence-corrected chi connectivity index (χ1v) is 7.83. The van der Waals surface area contributed by atoms with E-state index in [4.69, 9.17) is 0 Å². The topological polar surface area (TPSA) is 12.0 Å². The summed E-state index contributed by atoms with van der Waals surface area (Å²) in [5.41, 5.74) is 0. The molecule has 1 saturated carbocycles. The van der Waals surface area contributed by atoms with Gasteiger partial charge in [0, 0.05) is 21.4 Å². The summed E-state index contributed by atoms with van der Waals surface area (Å²) < 4.78 is 1.25. The molecule has 1 heterocycles. The molecule has 0 bridgehead atoms. The van der Waals surface area contributed by atoms with Crippen LogP contribution in [0.15, 0.2) is 15.9 Å². The molecule has 0 aromatic carbocycles. The SMILES string of the molecule is CC1CCC(NC(C)c2sccc2Br)CC1. The Labute approximate surface area is 111 Å². The van der Waals surface area contributed by atoms with Crippen LogP contribution < -0.4 is 5.32 Å². The van der Waals surface area contributed by atoms with Crippen LogP contribution in [0.1, 0.15) is 50.4 Å². The Morgan fingerprint density at radius 3 is 2.62 bits per heavy atom. The lowest BCUT2D eigenvalue weighted by Gasteiger charge is -2.29. The van der Waals surface area contributed by atoms with Crippen LogP contribution in [0.25, 0.3) is 0 Å². The van der Waals surface area contributed by atoms with Gasteiger partial charge in [0.1, 0.15) is 0 Å². The second kappa shape index (κ2) is 5.65. The monoisotopic (exact) mass is 301 g/mol. The summed E-state index contributed by atoms with van der Waals surface area (Å²) in [7, 11) is 0. The summed E-state index contributed by atoms with van der Waals surface area (Å²) >= 11 is 5.45. The quantitative estimate of drug-likeness (QED) is 0.850. The van der Waals surface area contributed by atoms with Gasteiger partial charge in [-0.1, -0.05) is 6.92 Å². The Hall–Kier alpha value is 0.140.